The standard InChI is InChI=1S/C24H28F2N4O8/c1-12(27)19-18(21(31)30-8-7-29(24(34)35-2)10-15(30)22(32)33)28-20(38-19)14-5-6-16(37-23(25)26)17(9-14)36-11-13-3-4-13/h5-6,9,12-13,15,23H,3-4,7-8,10-11,27H2,1-2H3,(H,32,33). The van der Waals surface area contributed by atoms with Crippen LogP contribution in [0.15, 0.2) is 22.6 Å². The van der Waals surface area contributed by atoms with Crippen LogP contribution in [0.2, 0.25) is 0 Å². The average molecular weight is 539 g/mol. The molecule has 0 bridgehead atoms. The molecule has 1 saturated carbocycles. The van der Waals surface area contributed by atoms with Gasteiger partial charge < -0.3 is 39.3 Å². The van der Waals surface area contributed by atoms with Gasteiger partial charge in [-0.05, 0) is 43.9 Å². The Balaban J connectivity index is 1.64. The van der Waals surface area contributed by atoms with Crippen LogP contribution in [0.5, 0.6) is 11.5 Å². The molecule has 2 atom stereocenters. The van der Waals surface area contributed by atoms with E-state index < -0.39 is 36.7 Å². The molecule has 2 fully saturated rings. The van der Waals surface area contributed by atoms with Crippen LogP contribution >= 0.6 is 0 Å². The van der Waals surface area contributed by atoms with Gasteiger partial charge in [-0.3, -0.25) is 4.79 Å². The third-order valence-corrected chi connectivity index (χ3v) is 6.21. The van der Waals surface area contributed by atoms with Gasteiger partial charge >= 0.3 is 18.7 Å². The van der Waals surface area contributed by atoms with E-state index in [1.54, 1.807) is 6.92 Å². The van der Waals surface area contributed by atoms with Crippen LogP contribution < -0.4 is 15.2 Å². The number of carbonyl (C=O) groups is 3. The van der Waals surface area contributed by atoms with E-state index >= 15 is 0 Å². The summed E-state index contributed by atoms with van der Waals surface area (Å²) in [6.07, 6.45) is 1.26. The van der Waals surface area contributed by atoms with Crippen molar-refractivity contribution in [3.8, 4) is 23.0 Å². The number of methoxy groups -OCH3 is 1. The maximum Gasteiger partial charge on any atom is 0.409 e. The minimum Gasteiger partial charge on any atom is -0.489 e. The molecule has 2 aliphatic rings. The molecule has 0 radical (unpaired) electrons. The van der Waals surface area contributed by atoms with Crippen LogP contribution in [0, 0.1) is 5.92 Å². The number of aromatic nitrogens is 1. The monoisotopic (exact) mass is 538 g/mol. The predicted molar refractivity (Wildman–Crippen MR) is 126 cm³/mol. The van der Waals surface area contributed by atoms with Crippen LogP contribution in [0.4, 0.5) is 13.6 Å². The number of carbonyl (C=O) groups excluding carboxylic acids is 2. The number of aliphatic carboxylic acids is 1. The zero-order chi connectivity index (χ0) is 27.6. The van der Waals surface area contributed by atoms with Gasteiger partial charge in [-0.1, -0.05) is 0 Å². The number of rotatable bonds is 9. The lowest BCUT2D eigenvalue weighted by molar-refractivity contribution is -0.144. The number of ether oxygens (including phenoxy) is 3. The van der Waals surface area contributed by atoms with Gasteiger partial charge in [0.2, 0.25) is 5.89 Å². The van der Waals surface area contributed by atoms with Crippen molar-refractivity contribution in [1.29, 1.82) is 0 Å². The van der Waals surface area contributed by atoms with Crippen LogP contribution in [-0.4, -0.2) is 83.9 Å². The van der Waals surface area contributed by atoms with E-state index in [-0.39, 0.29) is 48.5 Å². The highest BCUT2D eigenvalue weighted by molar-refractivity contribution is 5.97. The van der Waals surface area contributed by atoms with Gasteiger partial charge in [0.1, 0.15) is 6.04 Å². The Morgan fingerprint density at radius 3 is 2.58 bits per heavy atom. The number of oxazole rings is 1. The zero-order valence-electron chi connectivity index (χ0n) is 20.8. The molecule has 206 valence electrons. The second kappa shape index (κ2) is 11.2. The predicted octanol–water partition coefficient (Wildman–Crippen LogP) is 2.73. The molecule has 14 heteroatoms. The summed E-state index contributed by atoms with van der Waals surface area (Å²) in [4.78, 5) is 43.9. The number of benzene rings is 1. The van der Waals surface area contributed by atoms with Crippen LogP contribution in [-0.2, 0) is 9.53 Å². The summed E-state index contributed by atoms with van der Waals surface area (Å²) in [5, 5.41) is 9.73. The summed E-state index contributed by atoms with van der Waals surface area (Å²) in [5.41, 5.74) is 6.14. The van der Waals surface area contributed by atoms with Crippen LogP contribution in [0.25, 0.3) is 11.5 Å². The van der Waals surface area contributed by atoms with E-state index in [2.05, 4.69) is 14.5 Å². The van der Waals surface area contributed by atoms with E-state index in [1.807, 2.05) is 0 Å². The number of alkyl halides is 2. The molecule has 1 aliphatic heterocycles. The lowest BCUT2D eigenvalue weighted by Gasteiger charge is -2.38. The van der Waals surface area contributed by atoms with Gasteiger partial charge in [0.15, 0.2) is 23.0 Å². The Morgan fingerprint density at radius 1 is 1.24 bits per heavy atom. The van der Waals surface area contributed by atoms with Crippen molar-refractivity contribution in [3.63, 3.8) is 0 Å². The maximum atomic E-state index is 13.5. The molecule has 0 spiro atoms. The van der Waals surface area contributed by atoms with E-state index in [9.17, 15) is 28.3 Å². The van der Waals surface area contributed by atoms with Gasteiger partial charge in [-0.2, -0.15) is 8.78 Å². The van der Waals surface area contributed by atoms with Crippen molar-refractivity contribution in [2.24, 2.45) is 11.7 Å². The first-order valence-corrected chi connectivity index (χ1v) is 11.9. The fourth-order valence-corrected chi connectivity index (χ4v) is 4.02. The SMILES string of the molecule is COC(=O)N1CCN(C(=O)c2nc(-c3ccc(OC(F)F)c(OCC4CC4)c3)oc2C(C)N)C(C(=O)O)C1. The third kappa shape index (κ3) is 5.96. The second-order valence-corrected chi connectivity index (χ2v) is 9.08. The molecule has 3 N–H and O–H groups in total. The first-order chi connectivity index (χ1) is 18.1. The van der Waals surface area contributed by atoms with Crippen molar-refractivity contribution in [2.75, 3.05) is 33.4 Å². The highest BCUT2D eigenvalue weighted by Crippen LogP contribution is 2.37. The van der Waals surface area contributed by atoms with Gasteiger partial charge in [0, 0.05) is 18.7 Å². The Hall–Kier alpha value is -3.94. The number of carboxylic acids is 1. The molecule has 1 aliphatic carbocycles. The fourth-order valence-electron chi connectivity index (χ4n) is 4.02. The number of hydrogen-bond donors (Lipinski definition) is 2. The van der Waals surface area contributed by atoms with Crippen molar-refractivity contribution in [2.45, 2.75) is 38.5 Å². The minimum atomic E-state index is -3.05. The number of hydrogen-bond acceptors (Lipinski definition) is 9. The Morgan fingerprint density at radius 2 is 1.97 bits per heavy atom. The van der Waals surface area contributed by atoms with Gasteiger partial charge in [-0.15, -0.1) is 0 Å². The molecule has 4 rings (SSSR count). The summed E-state index contributed by atoms with van der Waals surface area (Å²) in [6.45, 7) is -1.48. The molecule has 1 saturated heterocycles. The smallest absolute Gasteiger partial charge is 0.409 e. The van der Waals surface area contributed by atoms with E-state index in [1.165, 1.54) is 30.2 Å². The highest BCUT2D eigenvalue weighted by atomic mass is 19.3. The molecule has 12 nitrogen and oxygen atoms in total. The third-order valence-electron chi connectivity index (χ3n) is 6.21. The molecular formula is C24H28F2N4O8. The van der Waals surface area contributed by atoms with Gasteiger partial charge in [-0.25, -0.2) is 14.6 Å². The summed E-state index contributed by atoms with van der Waals surface area (Å²) >= 11 is 0. The van der Waals surface area contributed by atoms with Crippen LogP contribution in [0.3, 0.4) is 0 Å². The second-order valence-electron chi connectivity index (χ2n) is 9.08. The summed E-state index contributed by atoms with van der Waals surface area (Å²) in [6, 6.07) is 1.97. The van der Waals surface area contributed by atoms with Crippen molar-refractivity contribution >= 4 is 18.0 Å². The lowest BCUT2D eigenvalue weighted by atomic mass is 10.1. The van der Waals surface area contributed by atoms with Crippen molar-refractivity contribution in [3.05, 3.63) is 29.7 Å². The number of halogens is 2. The topological polar surface area (TPSA) is 158 Å². The molecule has 2 heterocycles. The molecule has 1 aromatic carbocycles. The molecule has 2 unspecified atom stereocenters. The Kier molecular flexibility index (Phi) is 7.99. The molecule has 38 heavy (non-hydrogen) atoms. The number of amides is 2. The van der Waals surface area contributed by atoms with E-state index in [0.29, 0.717) is 18.1 Å². The summed E-state index contributed by atoms with van der Waals surface area (Å²) < 4.78 is 46.5. The molecule has 1 aromatic heterocycles. The average Bonchev–Trinajstić information content (AvgIpc) is 3.61. The quantitative estimate of drug-likeness (QED) is 0.486. The number of nitrogens with two attached hydrogens (primary N) is 1. The largest absolute Gasteiger partial charge is 0.489 e. The number of carboxylic acid groups (broad SMARTS) is 1. The number of nitrogens with zero attached hydrogens (tertiary/aromatic N) is 3. The first kappa shape index (κ1) is 27.1. The molecule has 2 amide bonds. The van der Waals surface area contributed by atoms with Gasteiger partial charge in [0.05, 0.1) is 26.3 Å². The normalized spacial score (nSPS) is 18.3. The minimum absolute atomic E-state index is 0.0119. The van der Waals surface area contributed by atoms with E-state index in [0.717, 1.165) is 17.7 Å². The van der Waals surface area contributed by atoms with E-state index in [4.69, 9.17) is 14.9 Å². The molecule has 2 aromatic rings. The molecular weight excluding hydrogens is 510 g/mol. The van der Waals surface area contributed by atoms with Gasteiger partial charge in [0.25, 0.3) is 5.91 Å². The van der Waals surface area contributed by atoms with Crippen molar-refractivity contribution < 1.29 is 46.9 Å². The lowest BCUT2D eigenvalue weighted by Crippen LogP contribution is -2.59. The fraction of sp³-hybridized carbons (Fsp3) is 0.500. The zero-order valence-corrected chi connectivity index (χ0v) is 20.8. The van der Waals surface area contributed by atoms with Crippen LogP contribution in [0.1, 0.15) is 42.1 Å². The van der Waals surface area contributed by atoms with Crippen molar-refractivity contribution in [1.82, 2.24) is 14.8 Å². The highest BCUT2D eigenvalue weighted by Gasteiger charge is 2.40. The number of piperazine rings is 1. The Bertz CT molecular complexity index is 1200. The Labute approximate surface area is 216 Å². The first-order valence-electron chi connectivity index (χ1n) is 11.9. The summed E-state index contributed by atoms with van der Waals surface area (Å²) in [7, 11) is 1.18. The summed E-state index contributed by atoms with van der Waals surface area (Å²) in [5.74, 6) is -1.84. The maximum absolute atomic E-state index is 13.5.